The Morgan fingerprint density at radius 1 is 1.13 bits per heavy atom. The van der Waals surface area contributed by atoms with Gasteiger partial charge in [0.15, 0.2) is 11.5 Å². The van der Waals surface area contributed by atoms with Crippen LogP contribution in [0.25, 0.3) is 0 Å². The summed E-state index contributed by atoms with van der Waals surface area (Å²) in [5, 5.41) is 3.22. The van der Waals surface area contributed by atoms with Gasteiger partial charge in [-0.3, -0.25) is 0 Å². The SMILES string of the molecule is CC(C)(C)NP1(=S)Oc2ccccc2O1. The molecule has 0 spiro atoms. The summed E-state index contributed by atoms with van der Waals surface area (Å²) in [6.07, 6.45) is 0. The second kappa shape index (κ2) is 3.48. The maximum Gasteiger partial charge on any atom is 0.365 e. The minimum atomic E-state index is -2.39. The zero-order valence-corrected chi connectivity index (χ0v) is 10.7. The molecule has 0 atom stereocenters. The van der Waals surface area contributed by atoms with Gasteiger partial charge in [0.05, 0.1) is 0 Å². The maximum atomic E-state index is 5.66. The summed E-state index contributed by atoms with van der Waals surface area (Å²) in [4.78, 5) is 0. The molecule has 0 bridgehead atoms. The third-order valence-corrected chi connectivity index (χ3v) is 4.30. The Bertz CT molecular complexity index is 399. The van der Waals surface area contributed by atoms with E-state index in [9.17, 15) is 0 Å². The van der Waals surface area contributed by atoms with Gasteiger partial charge in [0.25, 0.3) is 0 Å². The van der Waals surface area contributed by atoms with Gasteiger partial charge in [0.2, 0.25) is 0 Å². The molecule has 0 aliphatic carbocycles. The van der Waals surface area contributed by atoms with Gasteiger partial charge in [-0.25, -0.2) is 5.09 Å². The van der Waals surface area contributed by atoms with Gasteiger partial charge >= 0.3 is 6.64 Å². The fraction of sp³-hybridized carbons (Fsp3) is 0.400. The highest BCUT2D eigenvalue weighted by atomic mass is 32.5. The smallest absolute Gasteiger partial charge is 0.365 e. The van der Waals surface area contributed by atoms with E-state index in [1.165, 1.54) is 0 Å². The van der Waals surface area contributed by atoms with Crippen molar-refractivity contribution in [1.82, 2.24) is 5.09 Å². The lowest BCUT2D eigenvalue weighted by Gasteiger charge is -2.25. The van der Waals surface area contributed by atoms with Crippen LogP contribution >= 0.6 is 6.64 Å². The Morgan fingerprint density at radius 3 is 2.00 bits per heavy atom. The number of nitrogens with one attached hydrogen (secondary N) is 1. The predicted molar refractivity (Wildman–Crippen MR) is 64.9 cm³/mol. The van der Waals surface area contributed by atoms with E-state index >= 15 is 0 Å². The average molecular weight is 243 g/mol. The van der Waals surface area contributed by atoms with Crippen LogP contribution in [0.1, 0.15) is 20.8 Å². The molecule has 2 rings (SSSR count). The second-order valence-corrected chi connectivity index (χ2v) is 7.51. The van der Waals surface area contributed by atoms with E-state index in [0.717, 1.165) is 11.5 Å². The minimum Gasteiger partial charge on any atom is -0.421 e. The molecule has 5 heteroatoms. The van der Waals surface area contributed by atoms with Crippen molar-refractivity contribution in [2.75, 3.05) is 0 Å². The number of fused-ring (bicyclic) bond motifs is 1. The van der Waals surface area contributed by atoms with E-state index in [0.29, 0.717) is 0 Å². The molecular formula is C10H14NO2PS. The van der Waals surface area contributed by atoms with Gasteiger partial charge in [0, 0.05) is 17.3 Å². The summed E-state index contributed by atoms with van der Waals surface area (Å²) in [5.74, 6) is 1.47. The highest BCUT2D eigenvalue weighted by molar-refractivity contribution is 8.09. The van der Waals surface area contributed by atoms with E-state index in [1.54, 1.807) is 0 Å². The van der Waals surface area contributed by atoms with E-state index in [4.69, 9.17) is 20.9 Å². The molecular weight excluding hydrogens is 229 g/mol. The highest BCUT2D eigenvalue weighted by Crippen LogP contribution is 2.56. The first-order valence-electron chi connectivity index (χ1n) is 4.76. The molecule has 1 aliphatic rings. The molecule has 1 aliphatic heterocycles. The molecule has 1 aromatic carbocycles. The van der Waals surface area contributed by atoms with Gasteiger partial charge in [-0.05, 0) is 32.9 Å². The molecule has 1 N–H and O–H groups in total. The summed E-state index contributed by atoms with van der Waals surface area (Å²) in [6.45, 7) is 3.73. The summed E-state index contributed by atoms with van der Waals surface area (Å²) < 4.78 is 11.3. The molecule has 0 saturated carbocycles. The molecule has 0 fully saturated rings. The fourth-order valence-corrected chi connectivity index (χ4v) is 4.41. The Kier molecular flexibility index (Phi) is 2.53. The summed E-state index contributed by atoms with van der Waals surface area (Å²) in [6, 6.07) is 7.55. The van der Waals surface area contributed by atoms with Crippen LogP contribution < -0.4 is 14.1 Å². The first kappa shape index (κ1) is 10.9. The number of benzene rings is 1. The van der Waals surface area contributed by atoms with Crippen LogP contribution in [0.2, 0.25) is 0 Å². The molecule has 0 aromatic heterocycles. The minimum absolute atomic E-state index is 0.114. The molecule has 1 aromatic rings. The van der Waals surface area contributed by atoms with Crippen LogP contribution in [-0.2, 0) is 11.8 Å². The van der Waals surface area contributed by atoms with Crippen LogP contribution in [-0.4, -0.2) is 5.54 Å². The lowest BCUT2D eigenvalue weighted by Crippen LogP contribution is -2.34. The average Bonchev–Trinajstić information content (AvgIpc) is 2.35. The first-order chi connectivity index (χ1) is 6.88. The summed E-state index contributed by atoms with van der Waals surface area (Å²) in [7, 11) is 0. The monoisotopic (exact) mass is 243 g/mol. The van der Waals surface area contributed by atoms with Gasteiger partial charge in [-0.15, -0.1) is 0 Å². The number of hydrogen-bond donors (Lipinski definition) is 1. The molecule has 15 heavy (non-hydrogen) atoms. The largest absolute Gasteiger partial charge is 0.421 e. The number of rotatable bonds is 1. The number of para-hydroxylation sites is 2. The highest BCUT2D eigenvalue weighted by Gasteiger charge is 2.34. The zero-order valence-electron chi connectivity index (χ0n) is 8.98. The zero-order chi connectivity index (χ0) is 11.1. The molecule has 0 amide bonds. The van der Waals surface area contributed by atoms with Crippen molar-refractivity contribution in [1.29, 1.82) is 0 Å². The maximum absolute atomic E-state index is 5.66. The summed E-state index contributed by atoms with van der Waals surface area (Å²) in [5.41, 5.74) is -0.114. The van der Waals surface area contributed by atoms with Gasteiger partial charge in [-0.2, -0.15) is 0 Å². The molecule has 0 radical (unpaired) electrons. The van der Waals surface area contributed by atoms with Crippen LogP contribution in [0.4, 0.5) is 0 Å². The standard InChI is InChI=1S/C10H14NO2PS/c1-10(2,3)11-14(15)12-8-6-4-5-7-9(8)13-14/h4-7H,1-3H3,(H,11,15). The molecule has 3 nitrogen and oxygen atoms in total. The van der Waals surface area contributed by atoms with Crippen LogP contribution in [0.5, 0.6) is 11.5 Å². The van der Waals surface area contributed by atoms with Crippen LogP contribution in [0.15, 0.2) is 24.3 Å². The second-order valence-electron chi connectivity index (χ2n) is 4.49. The van der Waals surface area contributed by atoms with Crippen molar-refractivity contribution in [3.63, 3.8) is 0 Å². The molecule has 1 heterocycles. The Labute approximate surface area is 95.0 Å². The van der Waals surface area contributed by atoms with Gasteiger partial charge in [-0.1, -0.05) is 12.1 Å². The summed E-state index contributed by atoms with van der Waals surface area (Å²) >= 11 is 5.38. The lowest BCUT2D eigenvalue weighted by molar-refractivity contribution is 0.462. The van der Waals surface area contributed by atoms with E-state index in [-0.39, 0.29) is 5.54 Å². The van der Waals surface area contributed by atoms with Crippen molar-refractivity contribution in [2.45, 2.75) is 26.3 Å². The Balaban J connectivity index is 2.22. The van der Waals surface area contributed by atoms with Crippen LogP contribution in [0, 0.1) is 0 Å². The molecule has 0 saturated heterocycles. The predicted octanol–water partition coefficient (Wildman–Crippen LogP) is 3.07. The van der Waals surface area contributed by atoms with Gasteiger partial charge < -0.3 is 9.05 Å². The number of hydrogen-bond acceptors (Lipinski definition) is 3. The van der Waals surface area contributed by atoms with Crippen molar-refractivity contribution in [3.05, 3.63) is 24.3 Å². The third-order valence-electron chi connectivity index (χ3n) is 1.76. The first-order valence-corrected chi connectivity index (χ1v) is 7.40. The quantitative estimate of drug-likeness (QED) is 0.768. The Hall–Kier alpha value is -0.570. The fourth-order valence-electron chi connectivity index (χ4n) is 1.34. The van der Waals surface area contributed by atoms with Crippen LogP contribution in [0.3, 0.4) is 0 Å². The van der Waals surface area contributed by atoms with E-state index in [2.05, 4.69) is 5.09 Å². The van der Waals surface area contributed by atoms with E-state index in [1.807, 2.05) is 45.0 Å². The third kappa shape index (κ3) is 2.51. The topological polar surface area (TPSA) is 30.5 Å². The normalized spacial score (nSPS) is 17.8. The van der Waals surface area contributed by atoms with Crippen molar-refractivity contribution in [2.24, 2.45) is 0 Å². The van der Waals surface area contributed by atoms with Crippen molar-refractivity contribution >= 4 is 18.4 Å². The molecule has 82 valence electrons. The lowest BCUT2D eigenvalue weighted by atomic mass is 10.1. The Morgan fingerprint density at radius 2 is 1.60 bits per heavy atom. The van der Waals surface area contributed by atoms with E-state index < -0.39 is 6.64 Å². The van der Waals surface area contributed by atoms with Crippen molar-refractivity contribution < 1.29 is 9.05 Å². The van der Waals surface area contributed by atoms with Crippen molar-refractivity contribution in [3.8, 4) is 11.5 Å². The van der Waals surface area contributed by atoms with Gasteiger partial charge in [0.1, 0.15) is 0 Å². The molecule has 0 unspecified atom stereocenters.